The number of hydrogen-bond acceptors (Lipinski definition) is 4. The Morgan fingerprint density at radius 2 is 1.55 bits per heavy atom. The summed E-state index contributed by atoms with van der Waals surface area (Å²) in [6.07, 6.45) is -6.65. The van der Waals surface area contributed by atoms with E-state index in [1.807, 2.05) is 6.92 Å². The maximum atomic E-state index is 13.1. The van der Waals surface area contributed by atoms with Crippen LogP contribution in [0.25, 0.3) is 33.8 Å². The van der Waals surface area contributed by atoms with E-state index in [2.05, 4.69) is 15.0 Å². The van der Waals surface area contributed by atoms with E-state index < -0.39 is 23.5 Å². The molecular weight excluding hydrogens is 466 g/mol. The van der Waals surface area contributed by atoms with Gasteiger partial charge >= 0.3 is 12.4 Å². The highest BCUT2D eigenvalue weighted by atomic mass is 32.2. The third-order valence-corrected chi connectivity index (χ3v) is 5.88. The van der Waals surface area contributed by atoms with Gasteiger partial charge in [0.1, 0.15) is 5.69 Å². The van der Waals surface area contributed by atoms with E-state index >= 15 is 0 Å². The summed E-state index contributed by atoms with van der Waals surface area (Å²) in [5.41, 5.74) is 0.705. The molecule has 33 heavy (non-hydrogen) atoms. The third-order valence-electron chi connectivity index (χ3n) is 4.97. The number of alkyl halides is 6. The Balaban J connectivity index is 1.78. The van der Waals surface area contributed by atoms with Crippen LogP contribution in [0.4, 0.5) is 26.3 Å². The van der Waals surface area contributed by atoms with Crippen LogP contribution in [-0.4, -0.2) is 25.3 Å². The molecule has 172 valence electrons. The number of hydrogen-bond donors (Lipinski definition) is 0. The van der Waals surface area contributed by atoms with Crippen LogP contribution in [0.3, 0.4) is 0 Å². The first-order valence-electron chi connectivity index (χ1n) is 9.69. The Kier molecular flexibility index (Phi) is 5.85. The van der Waals surface area contributed by atoms with E-state index in [1.54, 1.807) is 17.7 Å². The van der Waals surface area contributed by atoms with Gasteiger partial charge in [0.2, 0.25) is 0 Å². The molecule has 4 nitrogen and oxygen atoms in total. The molecule has 0 aliphatic carbocycles. The van der Waals surface area contributed by atoms with Crippen molar-refractivity contribution in [1.82, 2.24) is 19.5 Å². The predicted octanol–water partition coefficient (Wildman–Crippen LogP) is 6.85. The average molecular weight is 482 g/mol. The van der Waals surface area contributed by atoms with Crippen LogP contribution in [0.5, 0.6) is 0 Å². The summed E-state index contributed by atoms with van der Waals surface area (Å²) in [6, 6.07) is 7.29. The summed E-state index contributed by atoms with van der Waals surface area (Å²) in [5.74, 6) is 0.903. The Bertz CT molecular complexity index is 1310. The molecule has 0 amide bonds. The number of thioether (sulfide) groups is 1. The van der Waals surface area contributed by atoms with Crippen molar-refractivity contribution >= 4 is 22.8 Å². The molecule has 0 aliphatic rings. The van der Waals surface area contributed by atoms with Crippen molar-refractivity contribution < 1.29 is 26.3 Å². The molecular formula is C22H16F6N4S. The molecule has 1 aromatic carbocycles. The molecule has 0 bridgehead atoms. The molecule has 3 aromatic heterocycles. The Labute approximate surface area is 188 Å². The molecule has 0 spiro atoms. The van der Waals surface area contributed by atoms with Crippen molar-refractivity contribution in [1.29, 1.82) is 0 Å². The van der Waals surface area contributed by atoms with Crippen molar-refractivity contribution in [2.45, 2.75) is 24.2 Å². The van der Waals surface area contributed by atoms with Gasteiger partial charge in [-0.1, -0.05) is 19.1 Å². The molecule has 0 fully saturated rings. The van der Waals surface area contributed by atoms with Gasteiger partial charge < -0.3 is 4.57 Å². The molecule has 0 radical (unpaired) electrons. The van der Waals surface area contributed by atoms with Gasteiger partial charge in [-0.2, -0.15) is 26.3 Å². The first-order chi connectivity index (χ1) is 15.5. The smallest absolute Gasteiger partial charge is 0.325 e. The zero-order valence-corrected chi connectivity index (χ0v) is 18.1. The highest BCUT2D eigenvalue weighted by molar-refractivity contribution is 7.99. The Hall–Kier alpha value is -3.08. The van der Waals surface area contributed by atoms with Gasteiger partial charge in [-0.3, -0.25) is 9.97 Å². The first-order valence-corrected chi connectivity index (χ1v) is 10.7. The van der Waals surface area contributed by atoms with E-state index in [0.717, 1.165) is 24.4 Å². The van der Waals surface area contributed by atoms with Crippen LogP contribution in [0.2, 0.25) is 0 Å². The minimum atomic E-state index is -4.51. The summed E-state index contributed by atoms with van der Waals surface area (Å²) in [5, 5.41) is 0. The van der Waals surface area contributed by atoms with Crippen LogP contribution in [0.1, 0.15) is 18.1 Å². The third kappa shape index (κ3) is 4.54. The SMILES string of the molecule is CCSc1cc(C(F)(F)F)cnc1-c1nc2cc(-c3ccc(C(F)(F)F)cc3)ncc2n1C. The van der Waals surface area contributed by atoms with Gasteiger partial charge in [-0.25, -0.2) is 4.98 Å². The first kappa shape index (κ1) is 23.1. The number of halogens is 6. The number of pyridine rings is 2. The predicted molar refractivity (Wildman–Crippen MR) is 114 cm³/mol. The molecule has 0 atom stereocenters. The quantitative estimate of drug-likeness (QED) is 0.236. The second-order valence-corrected chi connectivity index (χ2v) is 8.44. The van der Waals surface area contributed by atoms with Crippen LogP contribution < -0.4 is 0 Å². The molecule has 0 saturated heterocycles. The molecule has 4 aromatic rings. The van der Waals surface area contributed by atoms with Gasteiger partial charge in [0.05, 0.1) is 34.1 Å². The van der Waals surface area contributed by atoms with Crippen molar-refractivity contribution in [2.75, 3.05) is 5.75 Å². The number of fused-ring (bicyclic) bond motifs is 1. The van der Waals surface area contributed by atoms with Gasteiger partial charge in [0, 0.05) is 23.7 Å². The van der Waals surface area contributed by atoms with E-state index in [1.165, 1.54) is 30.1 Å². The van der Waals surface area contributed by atoms with Crippen molar-refractivity contribution in [2.24, 2.45) is 7.05 Å². The van der Waals surface area contributed by atoms with E-state index in [0.29, 0.717) is 44.5 Å². The lowest BCUT2D eigenvalue weighted by atomic mass is 10.1. The zero-order chi connectivity index (χ0) is 24.0. The van der Waals surface area contributed by atoms with Crippen molar-refractivity contribution in [3.8, 4) is 22.8 Å². The highest BCUT2D eigenvalue weighted by Crippen LogP contribution is 2.37. The average Bonchev–Trinajstić information content (AvgIpc) is 3.08. The van der Waals surface area contributed by atoms with Crippen molar-refractivity contribution in [3.05, 3.63) is 59.9 Å². The Morgan fingerprint density at radius 3 is 2.15 bits per heavy atom. The van der Waals surface area contributed by atoms with Crippen molar-refractivity contribution in [3.63, 3.8) is 0 Å². The number of aryl methyl sites for hydroxylation is 1. The maximum Gasteiger partial charge on any atom is 0.417 e. The second kappa shape index (κ2) is 8.36. The molecule has 0 unspecified atom stereocenters. The number of imidazole rings is 1. The van der Waals surface area contributed by atoms with Gasteiger partial charge in [0.25, 0.3) is 0 Å². The number of aromatic nitrogens is 4. The van der Waals surface area contributed by atoms with Gasteiger partial charge in [0.15, 0.2) is 5.82 Å². The fourth-order valence-electron chi connectivity index (χ4n) is 3.32. The largest absolute Gasteiger partial charge is 0.417 e. The normalized spacial score (nSPS) is 12.5. The summed E-state index contributed by atoms with van der Waals surface area (Å²) in [6.45, 7) is 1.82. The minimum Gasteiger partial charge on any atom is -0.325 e. The van der Waals surface area contributed by atoms with Gasteiger partial charge in [-0.05, 0) is 30.0 Å². The molecule has 0 aliphatic heterocycles. The van der Waals surface area contributed by atoms with Gasteiger partial charge in [-0.15, -0.1) is 11.8 Å². The fourth-order valence-corrected chi connectivity index (χ4v) is 4.12. The van der Waals surface area contributed by atoms with Crippen LogP contribution in [0.15, 0.2) is 53.7 Å². The van der Waals surface area contributed by atoms with E-state index in [4.69, 9.17) is 0 Å². The summed E-state index contributed by atoms with van der Waals surface area (Å²) < 4.78 is 79.6. The standard InChI is InChI=1S/C22H16F6N4S/c1-3-33-18-8-14(22(26,27)28)10-30-19(18)20-31-16-9-15(29-11-17(16)32(20)2)12-4-6-13(7-5-12)21(23,24)25/h4-11H,3H2,1-2H3. The second-order valence-electron chi connectivity index (χ2n) is 7.13. The summed E-state index contributed by atoms with van der Waals surface area (Å²) in [4.78, 5) is 13.3. The molecule has 3 heterocycles. The van der Waals surface area contributed by atoms with Crippen LogP contribution in [0, 0.1) is 0 Å². The number of nitrogens with zero attached hydrogens (tertiary/aromatic N) is 4. The lowest BCUT2D eigenvalue weighted by Crippen LogP contribution is -2.07. The fraction of sp³-hybridized carbons (Fsp3) is 0.227. The molecule has 4 rings (SSSR count). The Morgan fingerprint density at radius 1 is 0.879 bits per heavy atom. The zero-order valence-electron chi connectivity index (χ0n) is 17.3. The number of benzene rings is 1. The van der Waals surface area contributed by atoms with Crippen LogP contribution in [-0.2, 0) is 19.4 Å². The summed E-state index contributed by atoms with van der Waals surface area (Å²) >= 11 is 1.23. The molecule has 0 saturated carbocycles. The lowest BCUT2D eigenvalue weighted by molar-refractivity contribution is -0.138. The minimum absolute atomic E-state index is 0.310. The number of rotatable bonds is 4. The monoisotopic (exact) mass is 482 g/mol. The van der Waals surface area contributed by atoms with Crippen LogP contribution >= 0.6 is 11.8 Å². The lowest BCUT2D eigenvalue weighted by Gasteiger charge is -2.12. The van der Waals surface area contributed by atoms with E-state index in [-0.39, 0.29) is 0 Å². The maximum absolute atomic E-state index is 13.1. The molecule has 0 N–H and O–H groups in total. The topological polar surface area (TPSA) is 43.6 Å². The highest BCUT2D eigenvalue weighted by Gasteiger charge is 2.32. The van der Waals surface area contributed by atoms with E-state index in [9.17, 15) is 26.3 Å². The summed E-state index contributed by atoms with van der Waals surface area (Å²) in [7, 11) is 1.70. The molecule has 11 heteroatoms.